The zero-order chi connectivity index (χ0) is 14.1. The molecule has 0 aliphatic heterocycles. The summed E-state index contributed by atoms with van der Waals surface area (Å²) in [5.74, 6) is 0.0971. The summed E-state index contributed by atoms with van der Waals surface area (Å²) < 4.78 is 0. The molecule has 1 aliphatic rings. The van der Waals surface area contributed by atoms with Crippen LogP contribution in [0.2, 0.25) is 0 Å². The Labute approximate surface area is 131 Å². The maximum Gasteiger partial charge on any atom is 0.218 e. The van der Waals surface area contributed by atoms with Crippen molar-refractivity contribution >= 4 is 28.9 Å². The van der Waals surface area contributed by atoms with E-state index in [0.717, 1.165) is 47.7 Å². The predicted molar refractivity (Wildman–Crippen MR) is 89.2 cm³/mol. The summed E-state index contributed by atoms with van der Waals surface area (Å²) in [4.78, 5) is 4.02. The molecule has 0 unspecified atom stereocenters. The number of pyridine rings is 1. The summed E-state index contributed by atoms with van der Waals surface area (Å²) in [7, 11) is 0. The first-order valence-electron chi connectivity index (χ1n) is 7.24. The summed E-state index contributed by atoms with van der Waals surface area (Å²) >= 11 is 0. The fourth-order valence-electron chi connectivity index (χ4n) is 3.06. The first-order valence-corrected chi connectivity index (χ1v) is 7.24. The number of nitrogens with one attached hydrogen (secondary N) is 1. The van der Waals surface area contributed by atoms with E-state index in [4.69, 9.17) is 5.73 Å². The van der Waals surface area contributed by atoms with Crippen molar-refractivity contribution in [2.75, 3.05) is 5.32 Å². The van der Waals surface area contributed by atoms with Crippen molar-refractivity contribution in [3.8, 4) is 5.88 Å². The largest absolute Gasteiger partial charge is 0.493 e. The average molecular weight is 308 g/mol. The van der Waals surface area contributed by atoms with E-state index in [1.165, 1.54) is 0 Å². The normalized spacial score (nSPS) is 21.8. The van der Waals surface area contributed by atoms with Gasteiger partial charge in [-0.3, -0.25) is 0 Å². The van der Waals surface area contributed by atoms with Gasteiger partial charge in [0.25, 0.3) is 0 Å². The van der Waals surface area contributed by atoms with Gasteiger partial charge < -0.3 is 16.2 Å². The number of nitrogens with two attached hydrogens (primary N) is 1. The summed E-state index contributed by atoms with van der Waals surface area (Å²) in [6.07, 6.45) is 6.09. The van der Waals surface area contributed by atoms with Gasteiger partial charge in [-0.15, -0.1) is 12.4 Å². The summed E-state index contributed by atoms with van der Waals surface area (Å²) in [6, 6.07) is 6.77. The van der Waals surface area contributed by atoms with Crippen molar-refractivity contribution in [3.63, 3.8) is 0 Å². The molecule has 0 amide bonds. The molecule has 1 aromatic carbocycles. The predicted octanol–water partition coefficient (Wildman–Crippen LogP) is 3.35. The van der Waals surface area contributed by atoms with Gasteiger partial charge >= 0.3 is 0 Å². The van der Waals surface area contributed by atoms with Crippen molar-refractivity contribution < 1.29 is 5.11 Å². The number of rotatable bonds is 2. The number of hydrogen-bond acceptors (Lipinski definition) is 4. The van der Waals surface area contributed by atoms with Crippen LogP contribution in [-0.4, -0.2) is 22.2 Å². The highest BCUT2D eigenvalue weighted by Crippen LogP contribution is 2.32. The van der Waals surface area contributed by atoms with E-state index >= 15 is 0 Å². The van der Waals surface area contributed by atoms with Gasteiger partial charge in [-0.1, -0.05) is 6.07 Å². The monoisotopic (exact) mass is 307 g/mol. The lowest BCUT2D eigenvalue weighted by atomic mass is 9.91. The van der Waals surface area contributed by atoms with E-state index in [1.807, 2.05) is 19.1 Å². The number of halogens is 1. The van der Waals surface area contributed by atoms with Crippen LogP contribution in [0.4, 0.5) is 5.69 Å². The van der Waals surface area contributed by atoms with Gasteiger partial charge in [0, 0.05) is 34.7 Å². The van der Waals surface area contributed by atoms with Crippen LogP contribution in [0.5, 0.6) is 5.88 Å². The van der Waals surface area contributed by atoms with E-state index in [-0.39, 0.29) is 18.3 Å². The number of anilines is 1. The van der Waals surface area contributed by atoms with Crippen molar-refractivity contribution in [3.05, 3.63) is 30.0 Å². The smallest absolute Gasteiger partial charge is 0.218 e. The van der Waals surface area contributed by atoms with Crippen LogP contribution < -0.4 is 11.1 Å². The molecular formula is C16H22ClN3O. The van der Waals surface area contributed by atoms with Gasteiger partial charge in [0.05, 0.1) is 0 Å². The molecule has 114 valence electrons. The molecule has 1 saturated carbocycles. The second-order valence-corrected chi connectivity index (χ2v) is 5.75. The summed E-state index contributed by atoms with van der Waals surface area (Å²) in [5.41, 5.74) is 8.11. The van der Waals surface area contributed by atoms with Crippen LogP contribution in [-0.2, 0) is 0 Å². The third kappa shape index (κ3) is 3.22. The Balaban J connectivity index is 0.00000161. The van der Waals surface area contributed by atoms with Gasteiger partial charge in [-0.25, -0.2) is 4.98 Å². The second kappa shape index (κ2) is 6.50. The highest BCUT2D eigenvalue weighted by atomic mass is 35.5. The zero-order valence-corrected chi connectivity index (χ0v) is 13.0. The van der Waals surface area contributed by atoms with Gasteiger partial charge in [0.15, 0.2) is 0 Å². The lowest BCUT2D eigenvalue weighted by molar-refractivity contribution is 0.411. The number of benzene rings is 1. The number of fused-ring (bicyclic) bond motifs is 1. The van der Waals surface area contributed by atoms with Crippen LogP contribution in [0, 0.1) is 6.92 Å². The molecular weight excluding hydrogens is 286 g/mol. The number of nitrogens with zero attached hydrogens (tertiary/aromatic N) is 1. The molecule has 0 spiro atoms. The molecule has 0 atom stereocenters. The lowest BCUT2D eigenvalue weighted by Crippen LogP contribution is -2.32. The lowest BCUT2D eigenvalue weighted by Gasteiger charge is -2.28. The van der Waals surface area contributed by atoms with Crippen LogP contribution in [0.15, 0.2) is 24.4 Å². The van der Waals surface area contributed by atoms with Crippen LogP contribution in [0.3, 0.4) is 0 Å². The number of aromatic nitrogens is 1. The number of hydrogen-bond donors (Lipinski definition) is 3. The Bertz CT molecular complexity index is 624. The van der Waals surface area contributed by atoms with Gasteiger partial charge in [-0.2, -0.15) is 0 Å². The van der Waals surface area contributed by atoms with Crippen LogP contribution in [0.25, 0.3) is 10.8 Å². The molecule has 4 nitrogen and oxygen atoms in total. The van der Waals surface area contributed by atoms with E-state index in [9.17, 15) is 5.11 Å². The van der Waals surface area contributed by atoms with Crippen molar-refractivity contribution in [2.24, 2.45) is 5.73 Å². The van der Waals surface area contributed by atoms with Crippen LogP contribution in [0.1, 0.15) is 31.2 Å². The SMILES string of the molecule is Cc1cnc(O)c2cccc(NC3CCC(N)CC3)c12.Cl. The standard InChI is InChI=1S/C16H21N3O.ClH/c1-10-9-18-16(20)13-3-2-4-14(15(10)13)19-12-7-5-11(17)6-8-12;/h2-4,9,11-12,19H,5-8,17H2,1H3,(H,18,20);1H. The quantitative estimate of drug-likeness (QED) is 0.795. The Morgan fingerprint density at radius 2 is 1.95 bits per heavy atom. The average Bonchev–Trinajstić information content (AvgIpc) is 2.46. The molecule has 1 aromatic heterocycles. The number of aromatic hydroxyl groups is 1. The molecule has 1 fully saturated rings. The topological polar surface area (TPSA) is 71.2 Å². The maximum atomic E-state index is 9.91. The second-order valence-electron chi connectivity index (χ2n) is 5.75. The molecule has 4 N–H and O–H groups in total. The van der Waals surface area contributed by atoms with E-state index in [0.29, 0.717) is 12.1 Å². The summed E-state index contributed by atoms with van der Waals surface area (Å²) in [5, 5.41) is 15.4. The van der Waals surface area contributed by atoms with E-state index in [2.05, 4.69) is 16.4 Å². The first-order chi connectivity index (χ1) is 9.65. The van der Waals surface area contributed by atoms with Gasteiger partial charge in [-0.05, 0) is 50.3 Å². The van der Waals surface area contributed by atoms with Crippen molar-refractivity contribution in [1.82, 2.24) is 4.98 Å². The number of aryl methyl sites for hydroxylation is 1. The van der Waals surface area contributed by atoms with Gasteiger partial charge in [0.2, 0.25) is 5.88 Å². The fraction of sp³-hybridized carbons (Fsp3) is 0.438. The van der Waals surface area contributed by atoms with E-state index < -0.39 is 0 Å². The minimum absolute atomic E-state index is 0. The molecule has 1 aliphatic carbocycles. The molecule has 0 saturated heterocycles. The minimum Gasteiger partial charge on any atom is -0.493 e. The van der Waals surface area contributed by atoms with Crippen molar-refractivity contribution in [1.29, 1.82) is 0 Å². The summed E-state index contributed by atoms with van der Waals surface area (Å²) in [6.45, 7) is 2.02. The molecule has 5 heteroatoms. The third-order valence-electron chi connectivity index (χ3n) is 4.21. The molecule has 0 radical (unpaired) electrons. The Morgan fingerprint density at radius 3 is 2.67 bits per heavy atom. The zero-order valence-electron chi connectivity index (χ0n) is 12.2. The first kappa shape index (κ1) is 15.9. The Kier molecular flexibility index (Phi) is 4.91. The molecule has 21 heavy (non-hydrogen) atoms. The fourth-order valence-corrected chi connectivity index (χ4v) is 3.06. The highest BCUT2D eigenvalue weighted by Gasteiger charge is 2.19. The van der Waals surface area contributed by atoms with E-state index in [1.54, 1.807) is 6.20 Å². The molecule has 3 rings (SSSR count). The molecule has 2 aromatic rings. The van der Waals surface area contributed by atoms with Gasteiger partial charge in [0.1, 0.15) is 0 Å². The molecule has 0 bridgehead atoms. The van der Waals surface area contributed by atoms with Crippen LogP contribution >= 0.6 is 12.4 Å². The Hall–Kier alpha value is -1.52. The Morgan fingerprint density at radius 1 is 1.24 bits per heavy atom. The van der Waals surface area contributed by atoms with Crippen molar-refractivity contribution in [2.45, 2.75) is 44.7 Å². The molecule has 1 heterocycles. The maximum absolute atomic E-state index is 9.91. The minimum atomic E-state index is 0. The third-order valence-corrected chi connectivity index (χ3v) is 4.21. The highest BCUT2D eigenvalue weighted by molar-refractivity contribution is 5.98.